The van der Waals surface area contributed by atoms with Gasteiger partial charge in [0.15, 0.2) is 0 Å². The highest BCUT2D eigenvalue weighted by atomic mass is 32.2. The molecule has 4 aliphatic heterocycles. The maximum Gasteiger partial charge on any atom is 0.249 e. The highest BCUT2D eigenvalue weighted by Crippen LogP contribution is 2.45. The van der Waals surface area contributed by atoms with Crippen molar-refractivity contribution in [3.8, 4) is 11.4 Å². The number of rotatable bonds is 0. The predicted octanol–water partition coefficient (Wildman–Crippen LogP) is 9.06. The van der Waals surface area contributed by atoms with E-state index in [4.69, 9.17) is 0 Å². The summed E-state index contributed by atoms with van der Waals surface area (Å²) in [5, 5.41) is 5.37. The van der Waals surface area contributed by atoms with Gasteiger partial charge in [-0.25, -0.2) is 0 Å². The third-order valence-corrected chi connectivity index (χ3v) is 15.7. The molecule has 266 valence electrons. The van der Waals surface area contributed by atoms with Gasteiger partial charge in [-0.2, -0.15) is 0 Å². The van der Waals surface area contributed by atoms with E-state index in [0.29, 0.717) is 0 Å². The SMILES string of the molecule is CC(C)(C)c1ccc2c(c1)B1c3ccccc3-n3c4cc5c(cc4c4ccc(c1c43)S2)c1ccc2c3c1n5-c1ccccc1B3c1cc(C(C)(C)C)ccc1S2. The van der Waals surface area contributed by atoms with Gasteiger partial charge in [0.25, 0.3) is 0 Å². The summed E-state index contributed by atoms with van der Waals surface area (Å²) < 4.78 is 5.23. The van der Waals surface area contributed by atoms with E-state index < -0.39 is 0 Å². The second-order valence-corrected chi connectivity index (χ2v) is 20.7. The average molecular weight is 753 g/mol. The molecule has 0 saturated heterocycles. The summed E-state index contributed by atoms with van der Waals surface area (Å²) >= 11 is 3.90. The molecule has 0 aliphatic carbocycles. The molecule has 4 aliphatic rings. The van der Waals surface area contributed by atoms with Gasteiger partial charge in [0.1, 0.15) is 0 Å². The number of nitrogens with zero attached hydrogens (tertiary/aromatic N) is 2. The topological polar surface area (TPSA) is 9.86 Å². The van der Waals surface area contributed by atoms with E-state index >= 15 is 0 Å². The minimum absolute atomic E-state index is 0.0791. The summed E-state index contributed by atoms with van der Waals surface area (Å²) in [5.74, 6) is 0. The molecule has 2 nitrogen and oxygen atoms in total. The van der Waals surface area contributed by atoms with Gasteiger partial charge in [-0.1, -0.05) is 149 Å². The van der Waals surface area contributed by atoms with Crippen LogP contribution in [0.15, 0.2) is 141 Å². The van der Waals surface area contributed by atoms with Gasteiger partial charge in [-0.15, -0.1) is 0 Å². The first-order chi connectivity index (χ1) is 27.0. The standard InChI is InChI=1S/C50H38B2N2S2/c1-49(2,3)27-15-19-41-35(23-27)51-33-11-7-9-13-37(33)53-39-26-40-32(25-31(39)29-17-21-43(55-41)45(51)47(29)53)30-18-22-44-46-48(30)54(40)38-14-10-8-12-34(38)52(46)36-24-28(50(4,5)6)16-20-42(36)56-44/h7-26H,1-6H3. The van der Waals surface area contributed by atoms with Crippen molar-refractivity contribution >= 4 is 113 Å². The molecule has 0 fully saturated rings. The van der Waals surface area contributed by atoms with E-state index in [1.165, 1.54) is 118 Å². The van der Waals surface area contributed by atoms with Gasteiger partial charge < -0.3 is 9.13 Å². The zero-order chi connectivity index (χ0) is 37.6. The van der Waals surface area contributed by atoms with Crippen LogP contribution in [0.3, 0.4) is 0 Å². The van der Waals surface area contributed by atoms with Crippen molar-refractivity contribution in [1.29, 1.82) is 0 Å². The van der Waals surface area contributed by atoms with E-state index in [9.17, 15) is 0 Å². The van der Waals surface area contributed by atoms with E-state index in [1.807, 2.05) is 23.5 Å². The van der Waals surface area contributed by atoms with Gasteiger partial charge in [-0.05, 0) is 92.3 Å². The highest BCUT2D eigenvalue weighted by Gasteiger charge is 2.42. The van der Waals surface area contributed by atoms with Crippen molar-refractivity contribution in [2.24, 2.45) is 0 Å². The Labute approximate surface area is 336 Å². The molecule has 6 heterocycles. The Balaban J connectivity index is 1.13. The molecule has 6 heteroatoms. The average Bonchev–Trinajstić information content (AvgIpc) is 3.70. The van der Waals surface area contributed by atoms with Crippen LogP contribution in [-0.2, 0) is 10.8 Å². The van der Waals surface area contributed by atoms with Crippen LogP contribution in [0, 0.1) is 0 Å². The third-order valence-electron chi connectivity index (χ3n) is 13.3. The summed E-state index contributed by atoms with van der Waals surface area (Å²) in [6, 6.07) is 47.6. The monoisotopic (exact) mass is 752 g/mol. The summed E-state index contributed by atoms with van der Waals surface area (Å²) in [6.45, 7) is 14.4. The zero-order valence-corrected chi connectivity index (χ0v) is 34.0. The largest absolute Gasteiger partial charge is 0.310 e. The summed E-state index contributed by atoms with van der Waals surface area (Å²) in [5.41, 5.74) is 19.5. The van der Waals surface area contributed by atoms with Crippen molar-refractivity contribution in [1.82, 2.24) is 9.13 Å². The molecule has 0 atom stereocenters. The maximum absolute atomic E-state index is 2.62. The fraction of sp³-hybridized carbons (Fsp3) is 0.160. The molecule has 0 unspecified atom stereocenters. The normalized spacial score (nSPS) is 14.8. The Bertz CT molecular complexity index is 3080. The first-order valence-electron chi connectivity index (χ1n) is 20.0. The van der Waals surface area contributed by atoms with Crippen molar-refractivity contribution in [2.75, 3.05) is 0 Å². The number of aromatic nitrogens is 2. The first-order valence-corrected chi connectivity index (χ1v) is 21.6. The number of hydrogen-bond acceptors (Lipinski definition) is 2. The molecule has 13 rings (SSSR count). The summed E-state index contributed by atoms with van der Waals surface area (Å²) in [4.78, 5) is 5.52. The Morgan fingerprint density at radius 3 is 1.29 bits per heavy atom. The molecule has 0 saturated carbocycles. The second-order valence-electron chi connectivity index (χ2n) is 18.5. The predicted molar refractivity (Wildman–Crippen MR) is 243 cm³/mol. The van der Waals surface area contributed by atoms with E-state index in [0.717, 1.165) is 0 Å². The highest BCUT2D eigenvalue weighted by molar-refractivity contribution is 8.00. The molecule has 0 radical (unpaired) electrons. The van der Waals surface area contributed by atoms with Gasteiger partial charge in [0.05, 0.1) is 22.1 Å². The molecular formula is C50H38B2N2S2. The fourth-order valence-corrected chi connectivity index (χ4v) is 12.9. The lowest BCUT2D eigenvalue weighted by Gasteiger charge is -2.34. The van der Waals surface area contributed by atoms with Gasteiger partial charge in [-0.3, -0.25) is 0 Å². The molecule has 0 bridgehead atoms. The van der Waals surface area contributed by atoms with Crippen LogP contribution in [-0.4, -0.2) is 22.6 Å². The van der Waals surface area contributed by atoms with Crippen molar-refractivity contribution in [3.05, 3.63) is 132 Å². The minimum atomic E-state index is 0.0791. The zero-order valence-electron chi connectivity index (χ0n) is 32.4. The maximum atomic E-state index is 2.62. The summed E-state index contributed by atoms with van der Waals surface area (Å²) in [6.07, 6.45) is 0. The van der Waals surface area contributed by atoms with Crippen LogP contribution in [0.25, 0.3) is 55.0 Å². The number of fused-ring (bicyclic) bond motifs is 16. The Hall–Kier alpha value is -5.03. The lowest BCUT2D eigenvalue weighted by atomic mass is 9.35. The number of para-hydroxylation sites is 2. The molecule has 7 aromatic carbocycles. The lowest BCUT2D eigenvalue weighted by molar-refractivity contribution is 0.590. The smallest absolute Gasteiger partial charge is 0.249 e. The summed E-state index contributed by atoms with van der Waals surface area (Å²) in [7, 11) is 0. The molecular weight excluding hydrogens is 714 g/mol. The molecule has 0 spiro atoms. The van der Waals surface area contributed by atoms with Crippen LogP contribution in [0.4, 0.5) is 0 Å². The van der Waals surface area contributed by atoms with Crippen LogP contribution >= 0.6 is 23.5 Å². The van der Waals surface area contributed by atoms with Gasteiger partial charge >= 0.3 is 0 Å². The lowest BCUT2D eigenvalue weighted by Crippen LogP contribution is -2.58. The molecule has 0 N–H and O–H groups in total. The third kappa shape index (κ3) is 3.95. The number of benzene rings is 7. The molecule has 9 aromatic rings. The van der Waals surface area contributed by atoms with Gasteiger partial charge in [0.2, 0.25) is 13.4 Å². The fourth-order valence-electron chi connectivity index (χ4n) is 10.7. The molecule has 56 heavy (non-hydrogen) atoms. The van der Waals surface area contributed by atoms with Gasteiger partial charge in [0, 0.05) is 52.5 Å². The van der Waals surface area contributed by atoms with Crippen LogP contribution < -0.4 is 32.8 Å². The molecule has 0 amide bonds. The van der Waals surface area contributed by atoms with Crippen LogP contribution in [0.2, 0.25) is 0 Å². The Morgan fingerprint density at radius 2 is 0.839 bits per heavy atom. The van der Waals surface area contributed by atoms with Crippen LogP contribution in [0.1, 0.15) is 52.7 Å². The van der Waals surface area contributed by atoms with E-state index in [1.54, 1.807) is 0 Å². The quantitative estimate of drug-likeness (QED) is 0.143. The van der Waals surface area contributed by atoms with Crippen molar-refractivity contribution in [2.45, 2.75) is 72.0 Å². The Kier molecular flexibility index (Phi) is 6.00. The first kappa shape index (κ1) is 32.1. The minimum Gasteiger partial charge on any atom is -0.310 e. The van der Waals surface area contributed by atoms with Crippen molar-refractivity contribution < 1.29 is 0 Å². The second kappa shape index (κ2) is 10.5. The van der Waals surface area contributed by atoms with E-state index in [2.05, 4.69) is 172 Å². The Morgan fingerprint density at radius 1 is 0.411 bits per heavy atom. The number of hydrogen-bond donors (Lipinski definition) is 0. The van der Waals surface area contributed by atoms with Crippen LogP contribution in [0.5, 0.6) is 0 Å². The van der Waals surface area contributed by atoms with E-state index in [-0.39, 0.29) is 24.3 Å². The molecule has 2 aromatic heterocycles. The van der Waals surface area contributed by atoms with Crippen molar-refractivity contribution in [3.63, 3.8) is 0 Å².